The van der Waals surface area contributed by atoms with Gasteiger partial charge >= 0.3 is 5.97 Å². The summed E-state index contributed by atoms with van der Waals surface area (Å²) in [5.74, 6) is -0.432. The molecule has 1 N–H and O–H groups in total. The zero-order valence-corrected chi connectivity index (χ0v) is 7.78. The number of esters is 1. The van der Waals surface area contributed by atoms with Gasteiger partial charge in [0.15, 0.2) is 0 Å². The highest BCUT2D eigenvalue weighted by atomic mass is 16.6. The highest BCUT2D eigenvalue weighted by Gasteiger charge is 2.02. The Labute approximate surface area is 78.2 Å². The zero-order chi connectivity index (χ0) is 10.3. The lowest BCUT2D eigenvalue weighted by atomic mass is 10.4. The van der Waals surface area contributed by atoms with Crippen LogP contribution in [-0.4, -0.2) is 37.0 Å². The van der Waals surface area contributed by atoms with Crippen molar-refractivity contribution in [2.24, 2.45) is 0 Å². The lowest BCUT2D eigenvalue weighted by Gasteiger charge is -2.06. The first-order valence-electron chi connectivity index (χ1n) is 3.95. The molecule has 1 atom stereocenters. The Hall–Kier alpha value is -0.870. The number of aliphatic hydroxyl groups is 1. The van der Waals surface area contributed by atoms with Crippen LogP contribution in [0.15, 0.2) is 12.2 Å². The van der Waals surface area contributed by atoms with Crippen LogP contribution < -0.4 is 0 Å². The average Bonchev–Trinajstić information content (AvgIpc) is 2.02. The van der Waals surface area contributed by atoms with E-state index in [4.69, 9.17) is 14.6 Å². The SMILES string of the molecule is [CH2]C(O)COCCOC(=O)C(=C)C. The molecule has 0 bridgehead atoms. The Bertz CT molecular complexity index is 174. The van der Waals surface area contributed by atoms with Crippen molar-refractivity contribution >= 4 is 5.97 Å². The molecule has 4 heteroatoms. The third-order valence-electron chi connectivity index (χ3n) is 1.12. The van der Waals surface area contributed by atoms with Gasteiger partial charge in [0, 0.05) is 5.57 Å². The molecule has 0 aromatic rings. The molecule has 0 rings (SSSR count). The van der Waals surface area contributed by atoms with Crippen LogP contribution in [0.2, 0.25) is 0 Å². The second-order valence-electron chi connectivity index (χ2n) is 2.64. The molecule has 0 aromatic carbocycles. The molecule has 0 saturated carbocycles. The maximum absolute atomic E-state index is 10.8. The predicted molar refractivity (Wildman–Crippen MR) is 48.0 cm³/mol. The maximum atomic E-state index is 10.8. The van der Waals surface area contributed by atoms with Crippen molar-refractivity contribution in [3.63, 3.8) is 0 Å². The molecule has 1 radical (unpaired) electrons. The van der Waals surface area contributed by atoms with Crippen LogP contribution in [0.4, 0.5) is 0 Å². The van der Waals surface area contributed by atoms with Crippen LogP contribution in [0.3, 0.4) is 0 Å². The molecular weight excluding hydrogens is 172 g/mol. The Morgan fingerprint density at radius 2 is 2.15 bits per heavy atom. The predicted octanol–water partition coefficient (Wildman–Crippen LogP) is 0.317. The number of aliphatic hydroxyl groups excluding tert-OH is 1. The van der Waals surface area contributed by atoms with E-state index in [1.165, 1.54) is 0 Å². The third-order valence-corrected chi connectivity index (χ3v) is 1.12. The maximum Gasteiger partial charge on any atom is 0.333 e. The molecule has 0 fully saturated rings. The molecule has 0 aromatic heterocycles. The largest absolute Gasteiger partial charge is 0.460 e. The molecule has 0 amide bonds. The van der Waals surface area contributed by atoms with E-state index in [9.17, 15) is 4.79 Å². The first-order valence-corrected chi connectivity index (χ1v) is 3.95. The van der Waals surface area contributed by atoms with E-state index in [1.807, 2.05) is 0 Å². The quantitative estimate of drug-likeness (QED) is 0.369. The van der Waals surface area contributed by atoms with Gasteiger partial charge in [-0.1, -0.05) is 6.58 Å². The van der Waals surface area contributed by atoms with Gasteiger partial charge in [0.25, 0.3) is 0 Å². The minimum Gasteiger partial charge on any atom is -0.460 e. The summed E-state index contributed by atoms with van der Waals surface area (Å²) in [6.45, 7) is 8.86. The van der Waals surface area contributed by atoms with Gasteiger partial charge in [-0.25, -0.2) is 4.79 Å². The molecule has 4 nitrogen and oxygen atoms in total. The Morgan fingerprint density at radius 1 is 1.54 bits per heavy atom. The fraction of sp³-hybridized carbons (Fsp3) is 0.556. The Kier molecular flexibility index (Phi) is 6.18. The van der Waals surface area contributed by atoms with Crippen molar-refractivity contribution in [1.29, 1.82) is 0 Å². The van der Waals surface area contributed by atoms with Crippen LogP contribution >= 0.6 is 0 Å². The van der Waals surface area contributed by atoms with Crippen molar-refractivity contribution in [2.45, 2.75) is 13.0 Å². The number of hydrogen-bond donors (Lipinski definition) is 1. The van der Waals surface area contributed by atoms with Crippen LogP contribution in [0.1, 0.15) is 6.92 Å². The summed E-state index contributed by atoms with van der Waals surface area (Å²) < 4.78 is 9.63. The Balaban J connectivity index is 3.26. The summed E-state index contributed by atoms with van der Waals surface area (Å²) in [4.78, 5) is 10.8. The molecule has 1 unspecified atom stereocenters. The van der Waals surface area contributed by atoms with Crippen molar-refractivity contribution in [1.82, 2.24) is 0 Å². The van der Waals surface area contributed by atoms with Gasteiger partial charge in [-0.05, 0) is 13.8 Å². The summed E-state index contributed by atoms with van der Waals surface area (Å²) in [6, 6.07) is 0. The van der Waals surface area contributed by atoms with Crippen LogP contribution in [-0.2, 0) is 14.3 Å². The smallest absolute Gasteiger partial charge is 0.333 e. The summed E-state index contributed by atoms with van der Waals surface area (Å²) in [5, 5.41) is 8.69. The van der Waals surface area contributed by atoms with E-state index in [0.717, 1.165) is 0 Å². The summed E-state index contributed by atoms with van der Waals surface area (Å²) in [6.07, 6.45) is -0.739. The van der Waals surface area contributed by atoms with Gasteiger partial charge < -0.3 is 14.6 Å². The lowest BCUT2D eigenvalue weighted by molar-refractivity contribution is -0.140. The first kappa shape index (κ1) is 12.1. The molecule has 75 valence electrons. The highest BCUT2D eigenvalue weighted by Crippen LogP contribution is 1.91. The van der Waals surface area contributed by atoms with E-state index in [2.05, 4.69) is 13.5 Å². The average molecular weight is 187 g/mol. The van der Waals surface area contributed by atoms with Crippen LogP contribution in [0.25, 0.3) is 0 Å². The van der Waals surface area contributed by atoms with E-state index in [1.54, 1.807) is 6.92 Å². The normalized spacial score (nSPS) is 12.2. The molecule has 0 aliphatic heterocycles. The zero-order valence-electron chi connectivity index (χ0n) is 7.78. The highest BCUT2D eigenvalue weighted by molar-refractivity contribution is 5.86. The van der Waals surface area contributed by atoms with Gasteiger partial charge in [-0.3, -0.25) is 0 Å². The van der Waals surface area contributed by atoms with Crippen LogP contribution in [0.5, 0.6) is 0 Å². The fourth-order valence-corrected chi connectivity index (χ4v) is 0.536. The van der Waals surface area contributed by atoms with Crippen molar-refractivity contribution in [2.75, 3.05) is 19.8 Å². The Morgan fingerprint density at radius 3 is 2.62 bits per heavy atom. The van der Waals surface area contributed by atoms with Gasteiger partial charge in [0.05, 0.1) is 19.3 Å². The van der Waals surface area contributed by atoms with E-state index in [-0.39, 0.29) is 19.8 Å². The van der Waals surface area contributed by atoms with Crippen molar-refractivity contribution in [3.05, 3.63) is 19.1 Å². The fourth-order valence-electron chi connectivity index (χ4n) is 0.536. The number of rotatable bonds is 6. The van der Waals surface area contributed by atoms with Gasteiger partial charge in [0.1, 0.15) is 6.61 Å². The second kappa shape index (κ2) is 6.62. The number of ether oxygens (including phenoxy) is 2. The first-order chi connectivity index (χ1) is 6.04. The second-order valence-corrected chi connectivity index (χ2v) is 2.64. The number of carbonyl (C=O) groups excluding carboxylic acids is 1. The van der Waals surface area contributed by atoms with Gasteiger partial charge in [0.2, 0.25) is 0 Å². The van der Waals surface area contributed by atoms with Gasteiger partial charge in [-0.15, -0.1) is 0 Å². The van der Waals surface area contributed by atoms with E-state index < -0.39 is 12.1 Å². The van der Waals surface area contributed by atoms with E-state index >= 15 is 0 Å². The minimum absolute atomic E-state index is 0.143. The number of hydrogen-bond acceptors (Lipinski definition) is 4. The third kappa shape index (κ3) is 7.49. The lowest BCUT2D eigenvalue weighted by Crippen LogP contribution is -2.15. The topological polar surface area (TPSA) is 55.8 Å². The number of carbonyl (C=O) groups is 1. The van der Waals surface area contributed by atoms with Crippen molar-refractivity contribution < 1.29 is 19.4 Å². The molecule has 13 heavy (non-hydrogen) atoms. The molecule has 0 spiro atoms. The molecule has 0 aliphatic carbocycles. The van der Waals surface area contributed by atoms with Crippen molar-refractivity contribution in [3.8, 4) is 0 Å². The summed E-state index contributed by atoms with van der Waals surface area (Å²) >= 11 is 0. The summed E-state index contributed by atoms with van der Waals surface area (Å²) in [5.41, 5.74) is 0.359. The molecule has 0 aliphatic rings. The standard InChI is InChI=1S/C9H15O4/c1-7(2)9(11)13-5-4-12-6-8(3)10/h8,10H,1,3-6H2,2H3. The summed E-state index contributed by atoms with van der Waals surface area (Å²) in [7, 11) is 0. The molecular formula is C9H15O4. The van der Waals surface area contributed by atoms with Crippen LogP contribution in [0, 0.1) is 6.92 Å². The molecule has 0 saturated heterocycles. The monoisotopic (exact) mass is 187 g/mol. The van der Waals surface area contributed by atoms with Gasteiger partial charge in [-0.2, -0.15) is 0 Å². The van der Waals surface area contributed by atoms with E-state index in [0.29, 0.717) is 5.57 Å². The minimum atomic E-state index is -0.739. The molecule has 0 heterocycles.